The highest BCUT2D eigenvalue weighted by Gasteiger charge is 2.74. The molecule has 2 aliphatic heterocycles. The zero-order chi connectivity index (χ0) is 38.1. The highest BCUT2D eigenvalue weighted by Crippen LogP contribution is 2.70. The fourth-order valence-electron chi connectivity index (χ4n) is 12.1. The Morgan fingerprint density at radius 2 is 1.56 bits per heavy atom. The van der Waals surface area contributed by atoms with E-state index in [1.807, 2.05) is 20.8 Å². The van der Waals surface area contributed by atoms with E-state index in [0.717, 1.165) is 12.8 Å². The molecular formula is C38H66O14. The highest BCUT2D eigenvalue weighted by atomic mass is 16.8. The number of aliphatic hydroxyl groups excluding tert-OH is 7. The van der Waals surface area contributed by atoms with E-state index in [9.17, 15) is 46.0 Å². The summed E-state index contributed by atoms with van der Waals surface area (Å²) in [6.45, 7) is 9.67. The normalized spacial score (nSPS) is 53.3. The fourth-order valence-corrected chi connectivity index (χ4v) is 12.1. The van der Waals surface area contributed by atoms with E-state index in [4.69, 9.17) is 23.7 Å². The van der Waals surface area contributed by atoms with Crippen LogP contribution in [-0.4, -0.2) is 151 Å². The summed E-state index contributed by atoms with van der Waals surface area (Å²) < 4.78 is 29.5. The SMILES string of the molecule is CO[C@H]1[C@H](O[C@H]2[C@H](OC(CC[C@@H](C)[C@H]3C[C@H](O)[C@@H]4[C@]3(C)CC[C@H]3[C@@]4(O)C[C@@H](O)[C@@]4(O)C[C@@H](O)CC[C@]34C)C(C)C)O[C@@H](CO)[C@@H]2O)OC[C@@H](O)[C@@H]1O. The predicted octanol–water partition coefficient (Wildman–Crippen LogP) is 0.192. The lowest BCUT2D eigenvalue weighted by atomic mass is 9.40. The minimum atomic E-state index is -1.50. The standard InChI is InChI=1S/C38H66O14/c1-18(2)24(50-34-31(29(45)25(16-39)51-34)52-33-30(48-6)28(44)23(42)17-49-33)8-7-19(3)21-13-22(41)32-35(21,4)11-10-26-36(5)12-9-20(40)14-38(36,47)27(43)15-37(26,32)46/h18-34,39-47H,7-17H2,1-6H3/t19-,20+,21-,22+,23-,24?,25+,26-,27-,28+,29+,30-,31-,32-,33+,34-,35-,36-,37+,38+/m1/s1. The van der Waals surface area contributed by atoms with Gasteiger partial charge in [0.25, 0.3) is 0 Å². The van der Waals surface area contributed by atoms with Crippen molar-refractivity contribution in [1.29, 1.82) is 0 Å². The second-order valence-corrected chi connectivity index (χ2v) is 18.2. The molecule has 14 nitrogen and oxygen atoms in total. The van der Waals surface area contributed by atoms with Crippen molar-refractivity contribution in [3.63, 3.8) is 0 Å². The van der Waals surface area contributed by atoms with Crippen LogP contribution in [0.4, 0.5) is 0 Å². The molecule has 2 heterocycles. The van der Waals surface area contributed by atoms with Gasteiger partial charge in [0.1, 0.15) is 36.6 Å². The van der Waals surface area contributed by atoms with Crippen molar-refractivity contribution < 1.29 is 69.6 Å². The van der Waals surface area contributed by atoms with Crippen molar-refractivity contribution in [2.24, 2.45) is 40.4 Å². The summed E-state index contributed by atoms with van der Waals surface area (Å²) >= 11 is 0. The molecule has 6 fully saturated rings. The monoisotopic (exact) mass is 746 g/mol. The molecule has 0 aromatic rings. The highest BCUT2D eigenvalue weighted by molar-refractivity contribution is 5.24. The Morgan fingerprint density at radius 3 is 2.21 bits per heavy atom. The molecule has 6 aliphatic rings. The van der Waals surface area contributed by atoms with Crippen molar-refractivity contribution in [1.82, 2.24) is 0 Å². The summed E-state index contributed by atoms with van der Waals surface area (Å²) in [6, 6.07) is 0. The van der Waals surface area contributed by atoms with E-state index in [2.05, 4.69) is 13.8 Å². The van der Waals surface area contributed by atoms with Gasteiger partial charge in [-0.2, -0.15) is 0 Å². The van der Waals surface area contributed by atoms with Crippen molar-refractivity contribution in [3.8, 4) is 0 Å². The predicted molar refractivity (Wildman–Crippen MR) is 184 cm³/mol. The lowest BCUT2D eigenvalue weighted by molar-refractivity contribution is -0.315. The minimum Gasteiger partial charge on any atom is -0.394 e. The molecule has 0 radical (unpaired) electrons. The van der Waals surface area contributed by atoms with Gasteiger partial charge in [0.05, 0.1) is 48.8 Å². The number of hydrogen-bond acceptors (Lipinski definition) is 14. The second-order valence-electron chi connectivity index (χ2n) is 18.2. The van der Waals surface area contributed by atoms with Gasteiger partial charge >= 0.3 is 0 Å². The third kappa shape index (κ3) is 6.61. The Labute approximate surface area is 307 Å². The van der Waals surface area contributed by atoms with Crippen LogP contribution in [0.2, 0.25) is 0 Å². The van der Waals surface area contributed by atoms with Gasteiger partial charge in [0.15, 0.2) is 12.6 Å². The first-order chi connectivity index (χ1) is 24.4. The molecular weight excluding hydrogens is 680 g/mol. The molecule has 0 amide bonds. The van der Waals surface area contributed by atoms with E-state index < -0.39 is 102 Å². The number of ether oxygens (including phenoxy) is 5. The van der Waals surface area contributed by atoms with Crippen LogP contribution in [0.3, 0.4) is 0 Å². The van der Waals surface area contributed by atoms with Crippen LogP contribution in [0.25, 0.3) is 0 Å². The zero-order valence-corrected chi connectivity index (χ0v) is 31.7. The quantitative estimate of drug-likeness (QED) is 0.138. The van der Waals surface area contributed by atoms with Gasteiger partial charge in [0, 0.05) is 31.3 Å². The van der Waals surface area contributed by atoms with Crippen LogP contribution < -0.4 is 0 Å². The Morgan fingerprint density at radius 1 is 0.846 bits per heavy atom. The van der Waals surface area contributed by atoms with Crippen molar-refractivity contribution in [2.45, 2.75) is 177 Å². The Kier molecular flexibility index (Phi) is 11.9. The van der Waals surface area contributed by atoms with E-state index in [0.29, 0.717) is 32.1 Å². The largest absolute Gasteiger partial charge is 0.394 e. The lowest BCUT2D eigenvalue weighted by Crippen LogP contribution is -2.75. The van der Waals surface area contributed by atoms with Crippen LogP contribution in [0.5, 0.6) is 0 Å². The molecule has 6 rings (SSSR count). The first kappa shape index (κ1) is 41.1. The molecule has 4 aliphatic carbocycles. The smallest absolute Gasteiger partial charge is 0.187 e. The molecule has 4 saturated carbocycles. The summed E-state index contributed by atoms with van der Waals surface area (Å²) in [5, 5.41) is 99.6. The molecule has 0 spiro atoms. The summed E-state index contributed by atoms with van der Waals surface area (Å²) in [7, 11) is 1.35. The van der Waals surface area contributed by atoms with Crippen LogP contribution in [0, 0.1) is 40.4 Å². The molecule has 0 aromatic heterocycles. The van der Waals surface area contributed by atoms with E-state index in [1.165, 1.54) is 7.11 Å². The molecule has 0 aromatic carbocycles. The van der Waals surface area contributed by atoms with Crippen molar-refractivity contribution >= 4 is 0 Å². The number of hydrogen-bond donors (Lipinski definition) is 9. The molecule has 1 unspecified atom stereocenters. The van der Waals surface area contributed by atoms with Crippen LogP contribution in [0.15, 0.2) is 0 Å². The molecule has 9 N–H and O–H groups in total. The number of rotatable bonds is 11. The molecule has 2 saturated heterocycles. The van der Waals surface area contributed by atoms with Crippen LogP contribution in [0.1, 0.15) is 92.4 Å². The van der Waals surface area contributed by atoms with E-state index >= 15 is 0 Å². The molecule has 52 heavy (non-hydrogen) atoms. The lowest BCUT2D eigenvalue weighted by Gasteiger charge is -2.68. The van der Waals surface area contributed by atoms with Crippen molar-refractivity contribution in [2.75, 3.05) is 20.3 Å². The topological polar surface area (TPSA) is 228 Å². The van der Waals surface area contributed by atoms with Crippen LogP contribution >= 0.6 is 0 Å². The summed E-state index contributed by atoms with van der Waals surface area (Å²) in [5.74, 6) is -0.584. The number of aliphatic hydroxyl groups is 9. The average molecular weight is 747 g/mol. The van der Waals surface area contributed by atoms with E-state index in [1.54, 1.807) is 0 Å². The van der Waals surface area contributed by atoms with Gasteiger partial charge in [-0.15, -0.1) is 0 Å². The first-order valence-electron chi connectivity index (χ1n) is 19.6. The Hall–Kier alpha value is -0.560. The van der Waals surface area contributed by atoms with Gasteiger partial charge in [-0.1, -0.05) is 34.6 Å². The third-order valence-corrected chi connectivity index (χ3v) is 15.0. The van der Waals surface area contributed by atoms with Crippen molar-refractivity contribution in [3.05, 3.63) is 0 Å². The summed E-state index contributed by atoms with van der Waals surface area (Å²) in [5.41, 5.74) is -4.09. The van der Waals surface area contributed by atoms with Gasteiger partial charge in [-0.25, -0.2) is 0 Å². The van der Waals surface area contributed by atoms with Gasteiger partial charge in [0.2, 0.25) is 0 Å². The number of fused-ring (bicyclic) bond motifs is 5. The molecule has 0 bridgehead atoms. The maximum absolute atomic E-state index is 12.6. The number of methoxy groups -OCH3 is 1. The van der Waals surface area contributed by atoms with Gasteiger partial charge in [-0.3, -0.25) is 0 Å². The Bertz CT molecular complexity index is 1230. The van der Waals surface area contributed by atoms with Gasteiger partial charge in [-0.05, 0) is 74.0 Å². The maximum atomic E-state index is 12.6. The fraction of sp³-hybridized carbons (Fsp3) is 1.00. The second kappa shape index (κ2) is 15.1. The molecule has 20 atom stereocenters. The molecule has 302 valence electrons. The summed E-state index contributed by atoms with van der Waals surface area (Å²) in [4.78, 5) is 0. The zero-order valence-electron chi connectivity index (χ0n) is 31.7. The van der Waals surface area contributed by atoms with E-state index in [-0.39, 0.29) is 49.2 Å². The van der Waals surface area contributed by atoms with Crippen LogP contribution in [-0.2, 0) is 23.7 Å². The molecule has 14 heteroatoms. The summed E-state index contributed by atoms with van der Waals surface area (Å²) in [6.07, 6.45) is -7.77. The third-order valence-electron chi connectivity index (χ3n) is 15.0. The average Bonchev–Trinajstić information content (AvgIpc) is 3.53. The Balaban J connectivity index is 1.14. The minimum absolute atomic E-state index is 0.0299. The first-order valence-corrected chi connectivity index (χ1v) is 19.6. The van der Waals surface area contributed by atoms with Gasteiger partial charge < -0.3 is 69.6 Å². The maximum Gasteiger partial charge on any atom is 0.187 e.